The molecule has 8 heteroatoms. The van der Waals surface area contributed by atoms with Gasteiger partial charge in [0.15, 0.2) is 16.6 Å². The molecule has 2 aromatic carbocycles. The summed E-state index contributed by atoms with van der Waals surface area (Å²) in [6, 6.07) is 9.25. The summed E-state index contributed by atoms with van der Waals surface area (Å²) < 4.78 is 25.1. The van der Waals surface area contributed by atoms with E-state index in [1.165, 1.54) is 12.1 Å². The van der Waals surface area contributed by atoms with Gasteiger partial charge in [-0.05, 0) is 71.6 Å². The second-order valence-electron chi connectivity index (χ2n) is 4.95. The van der Waals surface area contributed by atoms with E-state index in [1.54, 1.807) is 24.3 Å². The normalized spacial score (nSPS) is 10.2. The number of nitrogens with two attached hydrogens (primary N) is 1. The van der Waals surface area contributed by atoms with E-state index < -0.39 is 5.91 Å². The molecule has 3 N–H and O–H groups in total. The number of carbonyl (C=O) groups excluding carboxylic acids is 1. The largest absolute Gasteiger partial charge is 0.490 e. The average molecular weight is 474 g/mol. The number of hydrogen-bond donors (Lipinski definition) is 2. The van der Waals surface area contributed by atoms with Crippen molar-refractivity contribution in [1.82, 2.24) is 5.32 Å². The number of hydrogen-bond acceptors (Lipinski definition) is 4. The number of ether oxygens (including phenoxy) is 2. The molecule has 2 aromatic rings. The van der Waals surface area contributed by atoms with Crippen LogP contribution in [0.2, 0.25) is 0 Å². The van der Waals surface area contributed by atoms with E-state index in [4.69, 9.17) is 15.2 Å². The minimum Gasteiger partial charge on any atom is -0.490 e. The van der Waals surface area contributed by atoms with Crippen molar-refractivity contribution in [3.8, 4) is 11.5 Å². The number of halogens is 2. The molecular weight excluding hydrogens is 458 g/mol. The van der Waals surface area contributed by atoms with Crippen LogP contribution in [0.3, 0.4) is 0 Å². The predicted molar refractivity (Wildman–Crippen MR) is 105 cm³/mol. The quantitative estimate of drug-likeness (QED) is 0.496. The van der Waals surface area contributed by atoms with E-state index in [2.05, 4.69) is 40.1 Å². The first-order valence-corrected chi connectivity index (χ1v) is 8.83. The molecule has 132 valence electrons. The second kappa shape index (κ2) is 8.95. The van der Waals surface area contributed by atoms with Crippen molar-refractivity contribution in [1.29, 1.82) is 0 Å². The monoisotopic (exact) mass is 474 g/mol. The van der Waals surface area contributed by atoms with E-state index in [1.807, 2.05) is 6.92 Å². The van der Waals surface area contributed by atoms with Crippen LogP contribution in [0.15, 0.2) is 36.4 Å². The van der Waals surface area contributed by atoms with Gasteiger partial charge in [-0.3, -0.25) is 10.1 Å². The summed E-state index contributed by atoms with van der Waals surface area (Å²) in [5.41, 5.74) is 6.50. The Labute approximate surface area is 163 Å². The molecule has 2 rings (SSSR count). The number of carbonyl (C=O) groups is 1. The number of rotatable bonds is 6. The number of thiocarbonyl (C=S) groups is 1. The van der Waals surface area contributed by atoms with Gasteiger partial charge >= 0.3 is 0 Å². The molecule has 0 aliphatic rings. The lowest BCUT2D eigenvalue weighted by Crippen LogP contribution is -2.34. The lowest BCUT2D eigenvalue weighted by molar-refractivity contribution is 0.0976. The van der Waals surface area contributed by atoms with Crippen LogP contribution in [-0.4, -0.2) is 17.6 Å². The van der Waals surface area contributed by atoms with Crippen molar-refractivity contribution >= 4 is 45.8 Å². The van der Waals surface area contributed by atoms with Crippen molar-refractivity contribution in [2.24, 2.45) is 5.73 Å². The first-order valence-electron chi connectivity index (χ1n) is 7.35. The number of benzene rings is 2. The molecule has 5 nitrogen and oxygen atoms in total. The van der Waals surface area contributed by atoms with Gasteiger partial charge in [-0.15, -0.1) is 0 Å². The fourth-order valence-electron chi connectivity index (χ4n) is 2.02. The van der Waals surface area contributed by atoms with Crippen molar-refractivity contribution < 1.29 is 18.7 Å². The summed E-state index contributed by atoms with van der Waals surface area (Å²) in [6.45, 7) is 2.48. The zero-order valence-corrected chi connectivity index (χ0v) is 16.3. The van der Waals surface area contributed by atoms with E-state index in [-0.39, 0.29) is 17.5 Å². The van der Waals surface area contributed by atoms with Crippen LogP contribution in [0.5, 0.6) is 11.5 Å². The molecule has 0 heterocycles. The fourth-order valence-corrected chi connectivity index (χ4v) is 2.87. The van der Waals surface area contributed by atoms with Crippen LogP contribution in [0.1, 0.15) is 22.8 Å². The maximum Gasteiger partial charge on any atom is 0.257 e. The van der Waals surface area contributed by atoms with Crippen molar-refractivity contribution in [2.75, 3.05) is 6.61 Å². The summed E-state index contributed by atoms with van der Waals surface area (Å²) in [6.07, 6.45) is 0. The Balaban J connectivity index is 2.25. The van der Waals surface area contributed by atoms with E-state index >= 15 is 0 Å². The molecule has 0 radical (unpaired) electrons. The molecule has 0 atom stereocenters. The van der Waals surface area contributed by atoms with Crippen molar-refractivity contribution in [3.63, 3.8) is 0 Å². The molecule has 0 aliphatic carbocycles. The lowest BCUT2D eigenvalue weighted by atomic mass is 10.2. The molecule has 1 amide bonds. The molecule has 0 fully saturated rings. The highest BCUT2D eigenvalue weighted by molar-refractivity contribution is 14.1. The Bertz CT molecular complexity index is 784. The number of nitrogens with one attached hydrogen (secondary N) is 1. The molecule has 0 spiro atoms. The van der Waals surface area contributed by atoms with Crippen LogP contribution >= 0.6 is 34.8 Å². The first-order chi connectivity index (χ1) is 11.9. The van der Waals surface area contributed by atoms with E-state index in [9.17, 15) is 9.18 Å². The van der Waals surface area contributed by atoms with Crippen LogP contribution in [-0.2, 0) is 6.61 Å². The standard InChI is InChI=1S/C17H16FIN2O3S/c1-2-23-14-8-11(16(22)21-17(20)25)7-13(19)15(14)24-9-10-3-5-12(18)6-4-10/h3-8H,2,9H2,1H3,(H3,20,21,22,25). The highest BCUT2D eigenvalue weighted by atomic mass is 127. The minimum atomic E-state index is -0.420. The van der Waals surface area contributed by atoms with Crippen LogP contribution < -0.4 is 20.5 Å². The Morgan fingerprint density at radius 3 is 2.56 bits per heavy atom. The van der Waals surface area contributed by atoms with Crippen LogP contribution in [0, 0.1) is 9.39 Å². The van der Waals surface area contributed by atoms with Crippen LogP contribution in [0.4, 0.5) is 4.39 Å². The highest BCUT2D eigenvalue weighted by Crippen LogP contribution is 2.35. The summed E-state index contributed by atoms with van der Waals surface area (Å²) in [4.78, 5) is 12.1. The summed E-state index contributed by atoms with van der Waals surface area (Å²) in [5, 5.41) is 2.27. The molecule has 0 saturated carbocycles. The molecule has 0 unspecified atom stereocenters. The fraction of sp³-hybridized carbons (Fsp3) is 0.176. The van der Waals surface area contributed by atoms with Crippen molar-refractivity contribution in [3.05, 3.63) is 56.9 Å². The van der Waals surface area contributed by atoms with Gasteiger partial charge in [0.2, 0.25) is 0 Å². The van der Waals surface area contributed by atoms with E-state index in [0.717, 1.165) is 5.56 Å². The van der Waals surface area contributed by atoms with E-state index in [0.29, 0.717) is 27.2 Å². The Hall–Kier alpha value is -1.94. The smallest absolute Gasteiger partial charge is 0.257 e. The molecule has 25 heavy (non-hydrogen) atoms. The maximum absolute atomic E-state index is 13.0. The highest BCUT2D eigenvalue weighted by Gasteiger charge is 2.16. The molecule has 0 aromatic heterocycles. The Morgan fingerprint density at radius 2 is 1.96 bits per heavy atom. The minimum absolute atomic E-state index is 0.102. The van der Waals surface area contributed by atoms with Gasteiger partial charge < -0.3 is 15.2 Å². The third-order valence-electron chi connectivity index (χ3n) is 3.10. The maximum atomic E-state index is 13.0. The molecule has 0 aliphatic heterocycles. The van der Waals surface area contributed by atoms with Gasteiger partial charge in [0.25, 0.3) is 5.91 Å². The summed E-state index contributed by atoms with van der Waals surface area (Å²) in [5.74, 6) is 0.223. The second-order valence-corrected chi connectivity index (χ2v) is 6.55. The zero-order valence-electron chi connectivity index (χ0n) is 13.3. The zero-order chi connectivity index (χ0) is 18.4. The van der Waals surface area contributed by atoms with Gasteiger partial charge in [0.1, 0.15) is 12.4 Å². The van der Waals surface area contributed by atoms with Gasteiger partial charge in [0.05, 0.1) is 10.2 Å². The van der Waals surface area contributed by atoms with Gasteiger partial charge in [-0.2, -0.15) is 0 Å². The molecule has 0 saturated heterocycles. The van der Waals surface area contributed by atoms with Crippen LogP contribution in [0.25, 0.3) is 0 Å². The molecular formula is C17H16FIN2O3S. The number of amides is 1. The third-order valence-corrected chi connectivity index (χ3v) is 4.01. The summed E-state index contributed by atoms with van der Waals surface area (Å²) >= 11 is 6.74. The molecule has 0 bridgehead atoms. The Morgan fingerprint density at radius 1 is 1.28 bits per heavy atom. The third kappa shape index (κ3) is 5.53. The topological polar surface area (TPSA) is 73.6 Å². The van der Waals surface area contributed by atoms with Crippen molar-refractivity contribution in [2.45, 2.75) is 13.5 Å². The van der Waals surface area contributed by atoms with Gasteiger partial charge in [0, 0.05) is 5.56 Å². The van der Waals surface area contributed by atoms with Gasteiger partial charge in [-0.1, -0.05) is 12.1 Å². The first kappa shape index (κ1) is 19.4. The Kier molecular flexibility index (Phi) is 6.94. The van der Waals surface area contributed by atoms with Gasteiger partial charge in [-0.25, -0.2) is 4.39 Å². The summed E-state index contributed by atoms with van der Waals surface area (Å²) in [7, 11) is 0. The average Bonchev–Trinajstić information content (AvgIpc) is 2.55. The lowest BCUT2D eigenvalue weighted by Gasteiger charge is -2.15. The predicted octanol–water partition coefficient (Wildman–Crippen LogP) is 3.38. The SMILES string of the molecule is CCOc1cc(C(=O)NC(N)=S)cc(I)c1OCc1ccc(F)cc1.